The van der Waals surface area contributed by atoms with Gasteiger partial charge in [-0.1, -0.05) is 0 Å². The van der Waals surface area contributed by atoms with Crippen molar-refractivity contribution in [3.63, 3.8) is 0 Å². The minimum atomic E-state index is -0.481. The molecule has 1 aromatic heterocycles. The van der Waals surface area contributed by atoms with Gasteiger partial charge in [-0.05, 0) is 19.4 Å². The zero-order valence-corrected chi connectivity index (χ0v) is 8.75. The maximum Gasteiger partial charge on any atom is 0.355 e. The normalized spacial score (nSPS) is 10.0. The molecular weight excluding hydrogens is 182 g/mol. The lowest BCUT2D eigenvalue weighted by Gasteiger charge is -2.02. The molecule has 1 aromatic rings. The van der Waals surface area contributed by atoms with Crippen molar-refractivity contribution in [2.75, 3.05) is 7.11 Å². The number of carbonyl (C=O) groups is 2. The molecule has 0 bridgehead atoms. The summed E-state index contributed by atoms with van der Waals surface area (Å²) >= 11 is 0. The molecule has 0 atom stereocenters. The van der Waals surface area contributed by atoms with Gasteiger partial charge in [0, 0.05) is 12.7 Å². The summed E-state index contributed by atoms with van der Waals surface area (Å²) < 4.78 is 6.28. The number of hydrogen-bond donors (Lipinski definition) is 0. The number of hydrogen-bond acceptors (Lipinski definition) is 3. The Morgan fingerprint density at radius 1 is 1.43 bits per heavy atom. The van der Waals surface area contributed by atoms with E-state index in [-0.39, 0.29) is 0 Å². The number of aromatic nitrogens is 1. The smallest absolute Gasteiger partial charge is 0.355 e. The molecule has 0 saturated heterocycles. The number of carbonyl (C=O) groups excluding carboxylic acids is 2. The van der Waals surface area contributed by atoms with Crippen molar-refractivity contribution in [1.29, 1.82) is 0 Å². The van der Waals surface area contributed by atoms with Gasteiger partial charge in [0.1, 0.15) is 5.69 Å². The number of methoxy groups -OCH3 is 1. The summed E-state index contributed by atoms with van der Waals surface area (Å²) in [4.78, 5) is 22.2. The molecule has 14 heavy (non-hydrogen) atoms. The molecule has 0 N–H and O–H groups in total. The maximum absolute atomic E-state index is 11.4. The molecule has 0 amide bonds. The Morgan fingerprint density at radius 3 is 2.43 bits per heavy atom. The fourth-order valence-corrected chi connectivity index (χ4v) is 1.46. The summed E-state index contributed by atoms with van der Waals surface area (Å²) in [5.41, 5.74) is 2.45. The van der Waals surface area contributed by atoms with Crippen LogP contribution in [0.2, 0.25) is 0 Å². The summed E-state index contributed by atoms with van der Waals surface area (Å²) in [6, 6.07) is 0. The maximum atomic E-state index is 11.4. The average molecular weight is 195 g/mol. The summed E-state index contributed by atoms with van der Waals surface area (Å²) in [7, 11) is 3.04. The van der Waals surface area contributed by atoms with Gasteiger partial charge in [-0.25, -0.2) is 4.79 Å². The van der Waals surface area contributed by atoms with Crippen molar-refractivity contribution < 1.29 is 14.3 Å². The Hall–Kier alpha value is -1.58. The van der Waals surface area contributed by atoms with Crippen LogP contribution in [0.4, 0.5) is 0 Å². The third-order valence-electron chi connectivity index (χ3n) is 2.54. The highest BCUT2D eigenvalue weighted by Gasteiger charge is 2.21. The number of nitrogens with zero attached hydrogens (tertiary/aromatic N) is 1. The summed E-state index contributed by atoms with van der Waals surface area (Å²) in [6.07, 6.45) is 0.689. The number of esters is 1. The Labute approximate surface area is 82.5 Å². The third kappa shape index (κ3) is 1.32. The third-order valence-corrected chi connectivity index (χ3v) is 2.54. The molecular formula is C10H13NO3. The molecule has 4 heteroatoms. The molecule has 0 aliphatic carbocycles. The molecule has 1 heterocycles. The van der Waals surface area contributed by atoms with Gasteiger partial charge in [0.05, 0.1) is 12.7 Å². The Balaban J connectivity index is 3.48. The molecule has 0 fully saturated rings. The average Bonchev–Trinajstić information content (AvgIpc) is 2.41. The van der Waals surface area contributed by atoms with Gasteiger partial charge in [-0.3, -0.25) is 4.79 Å². The second-order valence-corrected chi connectivity index (χ2v) is 3.14. The number of aldehydes is 1. The summed E-state index contributed by atoms with van der Waals surface area (Å²) in [5, 5.41) is 0. The molecule has 76 valence electrons. The molecule has 0 aliphatic rings. The van der Waals surface area contributed by atoms with Crippen molar-refractivity contribution in [3.05, 3.63) is 22.5 Å². The predicted molar refractivity (Wildman–Crippen MR) is 51.6 cm³/mol. The first-order chi connectivity index (χ1) is 6.54. The van der Waals surface area contributed by atoms with Crippen LogP contribution in [0.3, 0.4) is 0 Å². The van der Waals surface area contributed by atoms with Crippen molar-refractivity contribution >= 4 is 12.3 Å². The van der Waals surface area contributed by atoms with Crippen molar-refractivity contribution in [3.8, 4) is 0 Å². The van der Waals surface area contributed by atoms with E-state index in [9.17, 15) is 9.59 Å². The van der Waals surface area contributed by atoms with E-state index in [1.807, 2.05) is 13.8 Å². The Bertz CT molecular complexity index is 391. The first-order valence-electron chi connectivity index (χ1n) is 4.24. The second-order valence-electron chi connectivity index (χ2n) is 3.14. The van der Waals surface area contributed by atoms with Crippen molar-refractivity contribution in [2.45, 2.75) is 13.8 Å². The quantitative estimate of drug-likeness (QED) is 0.527. The van der Waals surface area contributed by atoms with E-state index in [4.69, 9.17) is 0 Å². The fraction of sp³-hybridized carbons (Fsp3) is 0.400. The fourth-order valence-electron chi connectivity index (χ4n) is 1.46. The molecule has 0 saturated carbocycles. The standard InChI is InChI=1S/C10H13NO3/c1-6-7(2)11(3)9(8(6)5-12)10(13)14-4/h5H,1-4H3. The highest BCUT2D eigenvalue weighted by atomic mass is 16.5. The van der Waals surface area contributed by atoms with E-state index in [1.54, 1.807) is 11.6 Å². The Morgan fingerprint density at radius 2 is 2.00 bits per heavy atom. The van der Waals surface area contributed by atoms with Crippen LogP contribution in [-0.2, 0) is 11.8 Å². The van der Waals surface area contributed by atoms with Gasteiger partial charge in [0.15, 0.2) is 6.29 Å². The van der Waals surface area contributed by atoms with Gasteiger partial charge in [0.25, 0.3) is 0 Å². The lowest BCUT2D eigenvalue weighted by Crippen LogP contribution is -2.10. The van der Waals surface area contributed by atoms with Crippen LogP contribution >= 0.6 is 0 Å². The van der Waals surface area contributed by atoms with Crippen LogP contribution < -0.4 is 0 Å². The zero-order chi connectivity index (χ0) is 10.9. The van der Waals surface area contributed by atoms with Crippen LogP contribution in [0.1, 0.15) is 32.1 Å². The van der Waals surface area contributed by atoms with E-state index in [1.165, 1.54) is 7.11 Å². The minimum absolute atomic E-state index is 0.317. The van der Waals surface area contributed by atoms with E-state index in [2.05, 4.69) is 4.74 Å². The molecule has 0 aliphatic heterocycles. The van der Waals surface area contributed by atoms with Gasteiger partial charge < -0.3 is 9.30 Å². The minimum Gasteiger partial charge on any atom is -0.464 e. The topological polar surface area (TPSA) is 48.3 Å². The van der Waals surface area contributed by atoms with E-state index >= 15 is 0 Å². The second kappa shape index (κ2) is 3.65. The lowest BCUT2D eigenvalue weighted by atomic mass is 10.1. The summed E-state index contributed by atoms with van der Waals surface area (Å²) in [5.74, 6) is -0.481. The van der Waals surface area contributed by atoms with E-state index in [0.29, 0.717) is 17.5 Å². The molecule has 0 aromatic carbocycles. The first-order valence-corrected chi connectivity index (χ1v) is 4.24. The van der Waals surface area contributed by atoms with Gasteiger partial charge >= 0.3 is 5.97 Å². The van der Waals surface area contributed by atoms with Crippen molar-refractivity contribution in [1.82, 2.24) is 4.57 Å². The Kier molecular flexibility index (Phi) is 2.74. The van der Waals surface area contributed by atoms with Crippen LogP contribution in [-0.4, -0.2) is 23.9 Å². The predicted octanol–water partition coefficient (Wildman–Crippen LogP) is 1.24. The van der Waals surface area contributed by atoms with Crippen LogP contribution in [0.5, 0.6) is 0 Å². The van der Waals surface area contributed by atoms with E-state index in [0.717, 1.165) is 11.3 Å². The first kappa shape index (κ1) is 10.5. The SMILES string of the molecule is COC(=O)c1c(C=O)c(C)c(C)n1C. The monoisotopic (exact) mass is 195 g/mol. The summed E-state index contributed by atoms with van der Waals surface area (Å²) in [6.45, 7) is 3.67. The van der Waals surface area contributed by atoms with Gasteiger partial charge in [-0.15, -0.1) is 0 Å². The molecule has 0 spiro atoms. The van der Waals surface area contributed by atoms with Gasteiger partial charge in [-0.2, -0.15) is 0 Å². The molecule has 0 radical (unpaired) electrons. The largest absolute Gasteiger partial charge is 0.464 e. The molecule has 0 unspecified atom stereocenters. The molecule has 1 rings (SSSR count). The lowest BCUT2D eigenvalue weighted by molar-refractivity contribution is 0.0587. The highest BCUT2D eigenvalue weighted by molar-refractivity contribution is 5.98. The number of ether oxygens (including phenoxy) is 1. The number of rotatable bonds is 2. The van der Waals surface area contributed by atoms with E-state index < -0.39 is 5.97 Å². The van der Waals surface area contributed by atoms with Crippen LogP contribution in [0.25, 0.3) is 0 Å². The van der Waals surface area contributed by atoms with Crippen molar-refractivity contribution in [2.24, 2.45) is 7.05 Å². The van der Waals surface area contributed by atoms with Crippen LogP contribution in [0.15, 0.2) is 0 Å². The molecule has 4 nitrogen and oxygen atoms in total. The zero-order valence-electron chi connectivity index (χ0n) is 8.75. The van der Waals surface area contributed by atoms with Gasteiger partial charge in [0.2, 0.25) is 0 Å². The highest BCUT2D eigenvalue weighted by Crippen LogP contribution is 2.19. The van der Waals surface area contributed by atoms with Crippen LogP contribution in [0, 0.1) is 13.8 Å².